The Morgan fingerprint density at radius 1 is 1.04 bits per heavy atom. The lowest BCUT2D eigenvalue weighted by Crippen LogP contribution is -2.38. The van der Waals surface area contributed by atoms with E-state index in [1.807, 2.05) is 36.4 Å². The number of aliphatic hydroxyl groups excluding tert-OH is 1. The molecule has 1 amide bonds. The zero-order valence-electron chi connectivity index (χ0n) is 14.2. The molecule has 3 rings (SSSR count). The highest BCUT2D eigenvalue weighted by Crippen LogP contribution is 2.44. The lowest BCUT2D eigenvalue weighted by Gasteiger charge is -2.18. The largest absolute Gasteiger partial charge is 0.481 e. The van der Waals surface area contributed by atoms with Crippen LogP contribution in [0.3, 0.4) is 0 Å². The van der Waals surface area contributed by atoms with Gasteiger partial charge in [-0.15, -0.1) is 0 Å². The fourth-order valence-electron chi connectivity index (χ4n) is 3.31. The van der Waals surface area contributed by atoms with Crippen molar-refractivity contribution in [3.8, 4) is 11.1 Å². The van der Waals surface area contributed by atoms with Crippen molar-refractivity contribution in [1.29, 1.82) is 0 Å². The normalized spacial score (nSPS) is 13.6. The molecule has 0 aromatic heterocycles. The summed E-state index contributed by atoms with van der Waals surface area (Å²) >= 11 is 0. The SMILES string of the molecule is O=C(O)CC[C@H](CO)NC(=O)OCC1c2ccccc2-c2ccccc21. The number of fused-ring (bicyclic) bond motifs is 3. The lowest BCUT2D eigenvalue weighted by atomic mass is 9.98. The summed E-state index contributed by atoms with van der Waals surface area (Å²) in [5.74, 6) is -1.02. The van der Waals surface area contributed by atoms with Crippen LogP contribution in [0.1, 0.15) is 29.9 Å². The van der Waals surface area contributed by atoms with Gasteiger partial charge in [-0.2, -0.15) is 0 Å². The van der Waals surface area contributed by atoms with E-state index >= 15 is 0 Å². The molecule has 0 fully saturated rings. The third-order valence-corrected chi connectivity index (χ3v) is 4.59. The number of aliphatic carboxylic acids is 1. The van der Waals surface area contributed by atoms with E-state index in [4.69, 9.17) is 9.84 Å². The molecule has 2 aromatic rings. The van der Waals surface area contributed by atoms with Crippen LogP contribution in [-0.2, 0) is 9.53 Å². The number of aliphatic hydroxyl groups is 1. The van der Waals surface area contributed by atoms with E-state index in [2.05, 4.69) is 17.4 Å². The van der Waals surface area contributed by atoms with Crippen LogP contribution in [0.25, 0.3) is 11.1 Å². The van der Waals surface area contributed by atoms with Crippen molar-refractivity contribution in [2.45, 2.75) is 24.8 Å². The van der Waals surface area contributed by atoms with Gasteiger partial charge in [0.25, 0.3) is 0 Å². The molecule has 6 heteroatoms. The quantitative estimate of drug-likeness (QED) is 0.710. The predicted octanol–water partition coefficient (Wildman–Crippen LogP) is 2.75. The maximum Gasteiger partial charge on any atom is 0.407 e. The smallest absolute Gasteiger partial charge is 0.407 e. The molecule has 26 heavy (non-hydrogen) atoms. The minimum atomic E-state index is -0.974. The van der Waals surface area contributed by atoms with Gasteiger partial charge in [0.15, 0.2) is 0 Å². The maximum absolute atomic E-state index is 12.0. The summed E-state index contributed by atoms with van der Waals surface area (Å²) in [7, 11) is 0. The lowest BCUT2D eigenvalue weighted by molar-refractivity contribution is -0.137. The summed E-state index contributed by atoms with van der Waals surface area (Å²) in [6.45, 7) is -0.158. The van der Waals surface area contributed by atoms with Crippen molar-refractivity contribution in [2.24, 2.45) is 0 Å². The number of nitrogens with one attached hydrogen (secondary N) is 1. The van der Waals surface area contributed by atoms with E-state index in [1.165, 1.54) is 0 Å². The second-order valence-corrected chi connectivity index (χ2v) is 6.28. The van der Waals surface area contributed by atoms with Gasteiger partial charge in [-0.3, -0.25) is 4.79 Å². The van der Waals surface area contributed by atoms with Gasteiger partial charge in [-0.25, -0.2) is 4.79 Å². The number of carbonyl (C=O) groups excluding carboxylic acids is 1. The number of hydrogen-bond acceptors (Lipinski definition) is 4. The van der Waals surface area contributed by atoms with Crippen molar-refractivity contribution in [1.82, 2.24) is 5.32 Å². The number of carboxylic acids is 1. The summed E-state index contributed by atoms with van der Waals surface area (Å²) in [6.07, 6.45) is -0.637. The minimum Gasteiger partial charge on any atom is -0.481 e. The van der Waals surface area contributed by atoms with E-state index in [0.717, 1.165) is 22.3 Å². The van der Waals surface area contributed by atoms with Crippen LogP contribution in [0, 0.1) is 0 Å². The van der Waals surface area contributed by atoms with Gasteiger partial charge in [-0.1, -0.05) is 48.5 Å². The number of carboxylic acid groups (broad SMARTS) is 1. The van der Waals surface area contributed by atoms with Crippen LogP contribution in [-0.4, -0.2) is 41.5 Å². The van der Waals surface area contributed by atoms with Crippen LogP contribution >= 0.6 is 0 Å². The maximum atomic E-state index is 12.0. The second-order valence-electron chi connectivity index (χ2n) is 6.28. The van der Waals surface area contributed by atoms with Gasteiger partial charge in [0.05, 0.1) is 12.6 Å². The van der Waals surface area contributed by atoms with Crippen LogP contribution in [0.4, 0.5) is 4.79 Å². The summed E-state index contributed by atoms with van der Waals surface area (Å²) in [5, 5.41) is 20.5. The highest BCUT2D eigenvalue weighted by atomic mass is 16.5. The first-order chi connectivity index (χ1) is 12.6. The van der Waals surface area contributed by atoms with E-state index < -0.39 is 18.1 Å². The Bertz CT molecular complexity index is 759. The topological polar surface area (TPSA) is 95.9 Å². The molecule has 2 aromatic carbocycles. The fourth-order valence-corrected chi connectivity index (χ4v) is 3.31. The molecule has 0 unspecified atom stereocenters. The molecule has 0 spiro atoms. The van der Waals surface area contributed by atoms with Gasteiger partial charge in [0.1, 0.15) is 6.61 Å². The van der Waals surface area contributed by atoms with Crippen LogP contribution in [0.5, 0.6) is 0 Å². The average molecular weight is 355 g/mol. The molecule has 1 atom stereocenters. The zero-order chi connectivity index (χ0) is 18.5. The number of hydrogen-bond donors (Lipinski definition) is 3. The van der Waals surface area contributed by atoms with Crippen LogP contribution < -0.4 is 5.32 Å². The summed E-state index contributed by atoms with van der Waals surface area (Å²) < 4.78 is 5.37. The Hall–Kier alpha value is -2.86. The van der Waals surface area contributed by atoms with Crippen molar-refractivity contribution in [2.75, 3.05) is 13.2 Å². The molecule has 0 saturated carbocycles. The molecule has 0 aliphatic heterocycles. The van der Waals surface area contributed by atoms with Gasteiger partial charge < -0.3 is 20.3 Å². The van der Waals surface area contributed by atoms with Crippen LogP contribution in [0.2, 0.25) is 0 Å². The van der Waals surface area contributed by atoms with E-state index in [0.29, 0.717) is 0 Å². The molecular weight excluding hydrogens is 334 g/mol. The number of amides is 1. The van der Waals surface area contributed by atoms with E-state index in [1.54, 1.807) is 0 Å². The van der Waals surface area contributed by atoms with Crippen molar-refractivity contribution in [3.63, 3.8) is 0 Å². The van der Waals surface area contributed by atoms with Gasteiger partial charge >= 0.3 is 12.1 Å². The van der Waals surface area contributed by atoms with Gasteiger partial charge in [0, 0.05) is 12.3 Å². The summed E-state index contributed by atoms with van der Waals surface area (Å²) in [5.41, 5.74) is 4.52. The third kappa shape index (κ3) is 3.86. The number of ether oxygens (including phenoxy) is 1. The van der Waals surface area contributed by atoms with Gasteiger partial charge in [0.2, 0.25) is 0 Å². The van der Waals surface area contributed by atoms with E-state index in [-0.39, 0.29) is 32.0 Å². The average Bonchev–Trinajstić information content (AvgIpc) is 2.97. The molecular formula is C20H21NO5. The molecule has 6 nitrogen and oxygen atoms in total. The fraction of sp³-hybridized carbons (Fsp3) is 0.300. The third-order valence-electron chi connectivity index (χ3n) is 4.59. The zero-order valence-corrected chi connectivity index (χ0v) is 14.2. The highest BCUT2D eigenvalue weighted by Gasteiger charge is 2.29. The predicted molar refractivity (Wildman–Crippen MR) is 95.9 cm³/mol. The van der Waals surface area contributed by atoms with Crippen LogP contribution in [0.15, 0.2) is 48.5 Å². The van der Waals surface area contributed by atoms with E-state index in [9.17, 15) is 14.7 Å². The summed E-state index contributed by atoms with van der Waals surface area (Å²) in [4.78, 5) is 22.7. The Kier molecular flexibility index (Phi) is 5.53. The number of carbonyl (C=O) groups is 2. The minimum absolute atomic E-state index is 0.0419. The molecule has 3 N–H and O–H groups in total. The molecule has 1 aliphatic rings. The first kappa shape index (κ1) is 17.9. The number of benzene rings is 2. The Morgan fingerprint density at radius 2 is 1.62 bits per heavy atom. The number of rotatable bonds is 7. The molecule has 0 bridgehead atoms. The van der Waals surface area contributed by atoms with Gasteiger partial charge in [-0.05, 0) is 28.7 Å². The highest BCUT2D eigenvalue weighted by molar-refractivity contribution is 5.79. The Balaban J connectivity index is 1.64. The summed E-state index contributed by atoms with van der Waals surface area (Å²) in [6, 6.07) is 15.4. The first-order valence-electron chi connectivity index (χ1n) is 8.54. The molecule has 1 aliphatic carbocycles. The molecule has 0 heterocycles. The number of alkyl carbamates (subject to hydrolysis) is 1. The van der Waals surface area contributed by atoms with Crippen molar-refractivity contribution >= 4 is 12.1 Å². The van der Waals surface area contributed by atoms with Crippen molar-refractivity contribution < 1.29 is 24.5 Å². The molecule has 0 saturated heterocycles. The monoisotopic (exact) mass is 355 g/mol. The Morgan fingerprint density at radius 3 is 2.15 bits per heavy atom. The van der Waals surface area contributed by atoms with Crippen molar-refractivity contribution in [3.05, 3.63) is 59.7 Å². The standard InChI is InChI=1S/C20H21NO5/c22-11-13(9-10-19(23)24)21-20(25)26-12-18-16-7-3-1-5-14(16)15-6-2-4-8-17(15)18/h1-8,13,18,22H,9-12H2,(H,21,25)(H,23,24)/t13-/m1/s1. The second kappa shape index (κ2) is 8.01. The molecule has 0 radical (unpaired) electrons. The first-order valence-corrected chi connectivity index (χ1v) is 8.54. The molecule has 136 valence electrons. The Labute approximate surface area is 151 Å².